The molecule has 5 nitrogen and oxygen atoms in total. The molecule has 150 valence electrons. The first-order valence-corrected chi connectivity index (χ1v) is 9.77. The Morgan fingerprint density at radius 3 is 2.45 bits per heavy atom. The topological polar surface area (TPSA) is 48.7 Å². The third-order valence-corrected chi connectivity index (χ3v) is 5.14. The van der Waals surface area contributed by atoms with Gasteiger partial charge < -0.3 is 14.6 Å². The summed E-state index contributed by atoms with van der Waals surface area (Å²) in [7, 11) is 0. The summed E-state index contributed by atoms with van der Waals surface area (Å²) in [5.74, 6) is 0.602. The van der Waals surface area contributed by atoms with Gasteiger partial charge in [0.15, 0.2) is 5.76 Å². The van der Waals surface area contributed by atoms with Crippen LogP contribution in [0.15, 0.2) is 65.1 Å². The van der Waals surface area contributed by atoms with Crippen molar-refractivity contribution in [1.82, 2.24) is 4.90 Å². The number of halogens is 1. The lowest BCUT2D eigenvalue weighted by molar-refractivity contribution is 0.0992. The van der Waals surface area contributed by atoms with Crippen LogP contribution in [0.5, 0.6) is 0 Å². The summed E-state index contributed by atoms with van der Waals surface area (Å²) in [6, 6.07) is 18.0. The van der Waals surface area contributed by atoms with E-state index in [1.165, 1.54) is 6.07 Å². The predicted octanol–water partition coefficient (Wildman–Crippen LogP) is 4.30. The molecule has 4 rings (SSSR count). The van der Waals surface area contributed by atoms with Crippen LogP contribution in [-0.4, -0.2) is 37.0 Å². The summed E-state index contributed by atoms with van der Waals surface area (Å²) in [6.45, 7) is 5.74. The van der Waals surface area contributed by atoms with Crippen molar-refractivity contribution in [2.75, 3.05) is 36.4 Å². The number of hydrogen-bond acceptors (Lipinski definition) is 4. The van der Waals surface area contributed by atoms with E-state index in [0.29, 0.717) is 18.0 Å². The van der Waals surface area contributed by atoms with Crippen LogP contribution in [0, 0.1) is 12.7 Å². The highest BCUT2D eigenvalue weighted by Crippen LogP contribution is 2.21. The summed E-state index contributed by atoms with van der Waals surface area (Å²) in [5, 5.41) is 2.84. The molecule has 0 bridgehead atoms. The molecule has 6 heteroatoms. The largest absolute Gasteiger partial charge is 0.455 e. The molecule has 2 heterocycles. The number of carbonyl (C=O) groups is 1. The normalized spacial score (nSPS) is 14.8. The Bertz CT molecular complexity index is 976. The van der Waals surface area contributed by atoms with E-state index < -0.39 is 0 Å². The first-order chi connectivity index (χ1) is 14.1. The number of nitrogens with one attached hydrogen (secondary N) is 1. The molecular weight excluding hydrogens is 369 g/mol. The third kappa shape index (κ3) is 4.66. The Morgan fingerprint density at radius 1 is 1.00 bits per heavy atom. The van der Waals surface area contributed by atoms with E-state index >= 15 is 0 Å². The fraction of sp³-hybridized carbons (Fsp3) is 0.261. The summed E-state index contributed by atoms with van der Waals surface area (Å²) in [5.41, 5.74) is 2.53. The van der Waals surface area contributed by atoms with Gasteiger partial charge in [-0.2, -0.15) is 0 Å². The molecule has 1 saturated heterocycles. The predicted molar refractivity (Wildman–Crippen MR) is 112 cm³/mol. The van der Waals surface area contributed by atoms with Crippen molar-refractivity contribution in [3.05, 3.63) is 83.6 Å². The van der Waals surface area contributed by atoms with Crippen molar-refractivity contribution in [3.8, 4) is 0 Å². The number of aryl methyl sites for hydroxylation is 1. The smallest absolute Gasteiger partial charge is 0.291 e. The fourth-order valence-corrected chi connectivity index (χ4v) is 3.49. The highest BCUT2D eigenvalue weighted by molar-refractivity contribution is 6.02. The van der Waals surface area contributed by atoms with Crippen molar-refractivity contribution < 1.29 is 13.6 Å². The quantitative estimate of drug-likeness (QED) is 0.702. The zero-order valence-corrected chi connectivity index (χ0v) is 16.4. The van der Waals surface area contributed by atoms with Crippen molar-refractivity contribution in [2.45, 2.75) is 13.5 Å². The lowest BCUT2D eigenvalue weighted by atomic mass is 10.2. The van der Waals surface area contributed by atoms with Gasteiger partial charge in [-0.05, 0) is 43.3 Å². The Labute approximate surface area is 169 Å². The molecule has 0 radical (unpaired) electrons. The van der Waals surface area contributed by atoms with Crippen molar-refractivity contribution >= 4 is 17.3 Å². The van der Waals surface area contributed by atoms with Gasteiger partial charge in [0.05, 0.1) is 12.2 Å². The molecule has 0 atom stereocenters. The molecule has 1 N–H and O–H groups in total. The van der Waals surface area contributed by atoms with E-state index in [1.54, 1.807) is 12.1 Å². The molecule has 1 aromatic heterocycles. The molecule has 1 fully saturated rings. The second-order valence-electron chi connectivity index (χ2n) is 7.30. The van der Waals surface area contributed by atoms with Crippen LogP contribution < -0.4 is 10.2 Å². The zero-order valence-electron chi connectivity index (χ0n) is 16.4. The van der Waals surface area contributed by atoms with Gasteiger partial charge in [0, 0.05) is 31.9 Å². The Hall–Kier alpha value is -3.12. The maximum atomic E-state index is 14.0. The number of piperazine rings is 1. The van der Waals surface area contributed by atoms with Crippen molar-refractivity contribution in [2.24, 2.45) is 0 Å². The number of para-hydroxylation sites is 1. The molecule has 1 aliphatic heterocycles. The molecule has 3 aromatic rings. The Morgan fingerprint density at radius 2 is 1.72 bits per heavy atom. The lowest BCUT2D eigenvalue weighted by Gasteiger charge is -2.35. The van der Waals surface area contributed by atoms with Crippen LogP contribution in [0.2, 0.25) is 0 Å². The highest BCUT2D eigenvalue weighted by atomic mass is 19.1. The minimum Gasteiger partial charge on any atom is -0.455 e. The van der Waals surface area contributed by atoms with Crippen LogP contribution in [0.25, 0.3) is 0 Å². The van der Waals surface area contributed by atoms with Crippen molar-refractivity contribution in [3.63, 3.8) is 0 Å². The molecule has 29 heavy (non-hydrogen) atoms. The molecule has 1 aliphatic rings. The SMILES string of the molecule is Cc1ccc(NC(=O)c2ccc(CN3CCN(c4ccccc4F)CC3)o2)cc1. The second-order valence-corrected chi connectivity index (χ2v) is 7.30. The van der Waals surface area contributed by atoms with E-state index in [4.69, 9.17) is 4.42 Å². The fourth-order valence-electron chi connectivity index (χ4n) is 3.49. The average molecular weight is 393 g/mol. The molecule has 0 unspecified atom stereocenters. The van der Waals surface area contributed by atoms with Crippen LogP contribution in [-0.2, 0) is 6.54 Å². The van der Waals surface area contributed by atoms with Gasteiger partial charge in [-0.1, -0.05) is 29.8 Å². The Kier molecular flexibility index (Phi) is 5.62. The lowest BCUT2D eigenvalue weighted by Crippen LogP contribution is -2.46. The van der Waals surface area contributed by atoms with Crippen LogP contribution in [0.4, 0.5) is 15.8 Å². The summed E-state index contributed by atoms with van der Waals surface area (Å²) in [4.78, 5) is 16.7. The first kappa shape index (κ1) is 19.2. The van der Waals surface area contributed by atoms with Gasteiger partial charge in [0.2, 0.25) is 0 Å². The summed E-state index contributed by atoms with van der Waals surface area (Å²) >= 11 is 0. The maximum absolute atomic E-state index is 14.0. The number of nitrogens with zero attached hydrogens (tertiary/aromatic N) is 2. The van der Waals surface area contributed by atoms with Gasteiger partial charge in [0.1, 0.15) is 11.6 Å². The number of amides is 1. The van der Waals surface area contributed by atoms with Gasteiger partial charge in [-0.3, -0.25) is 9.69 Å². The van der Waals surface area contributed by atoms with Crippen LogP contribution >= 0.6 is 0 Å². The summed E-state index contributed by atoms with van der Waals surface area (Å²) in [6.07, 6.45) is 0. The number of benzene rings is 2. The van der Waals surface area contributed by atoms with E-state index in [9.17, 15) is 9.18 Å². The molecule has 2 aromatic carbocycles. The maximum Gasteiger partial charge on any atom is 0.291 e. The molecular formula is C23H24FN3O2. The Balaban J connectivity index is 1.31. The van der Waals surface area contributed by atoms with E-state index in [1.807, 2.05) is 49.4 Å². The van der Waals surface area contributed by atoms with Gasteiger partial charge in [-0.15, -0.1) is 0 Å². The number of rotatable bonds is 5. The van der Waals surface area contributed by atoms with E-state index in [-0.39, 0.29) is 11.7 Å². The third-order valence-electron chi connectivity index (χ3n) is 5.14. The highest BCUT2D eigenvalue weighted by Gasteiger charge is 2.20. The number of carbonyl (C=O) groups excluding carboxylic acids is 1. The summed E-state index contributed by atoms with van der Waals surface area (Å²) < 4.78 is 19.7. The molecule has 0 saturated carbocycles. The van der Waals surface area contributed by atoms with Gasteiger partial charge in [-0.25, -0.2) is 4.39 Å². The molecule has 0 spiro atoms. The monoisotopic (exact) mass is 393 g/mol. The van der Waals surface area contributed by atoms with E-state index in [0.717, 1.165) is 43.2 Å². The van der Waals surface area contributed by atoms with Gasteiger partial charge in [0.25, 0.3) is 5.91 Å². The zero-order chi connectivity index (χ0) is 20.2. The van der Waals surface area contributed by atoms with Gasteiger partial charge >= 0.3 is 0 Å². The van der Waals surface area contributed by atoms with Crippen LogP contribution in [0.3, 0.4) is 0 Å². The first-order valence-electron chi connectivity index (χ1n) is 9.77. The van der Waals surface area contributed by atoms with E-state index in [2.05, 4.69) is 15.1 Å². The minimum absolute atomic E-state index is 0.184. The van der Waals surface area contributed by atoms with Crippen LogP contribution in [0.1, 0.15) is 21.9 Å². The minimum atomic E-state index is -0.260. The number of hydrogen-bond donors (Lipinski definition) is 1. The average Bonchev–Trinajstić information content (AvgIpc) is 3.19. The second kappa shape index (κ2) is 8.49. The number of anilines is 2. The number of furan rings is 1. The molecule has 1 amide bonds. The van der Waals surface area contributed by atoms with Crippen molar-refractivity contribution in [1.29, 1.82) is 0 Å². The standard InChI is InChI=1S/C23H24FN3O2/c1-17-6-8-18(9-7-17)25-23(28)22-11-10-19(29-22)16-26-12-14-27(15-13-26)21-5-3-2-4-20(21)24/h2-11H,12-16H2,1H3,(H,25,28). The molecule has 0 aliphatic carbocycles.